The number of Topliss-reactive ketones (excluding diaryl/α,β-unsaturated/α-hetero) is 1. The van der Waals surface area contributed by atoms with Crippen LogP contribution in [0.3, 0.4) is 0 Å². The van der Waals surface area contributed by atoms with Crippen molar-refractivity contribution in [3.63, 3.8) is 0 Å². The van der Waals surface area contributed by atoms with Crippen molar-refractivity contribution in [1.29, 1.82) is 0 Å². The maximum atomic E-state index is 13.4. The van der Waals surface area contributed by atoms with Crippen LogP contribution in [0.2, 0.25) is 0 Å². The Morgan fingerprint density at radius 2 is 1.23 bits per heavy atom. The highest BCUT2D eigenvalue weighted by atomic mass is 31.2. The van der Waals surface area contributed by atoms with Gasteiger partial charge in [-0.1, -0.05) is 66.7 Å². The summed E-state index contributed by atoms with van der Waals surface area (Å²) in [6.07, 6.45) is -6.07. The maximum Gasteiger partial charge on any atom is 0.338 e. The van der Waals surface area contributed by atoms with E-state index in [0.29, 0.717) is 0 Å². The third-order valence-electron chi connectivity index (χ3n) is 5.81. The van der Waals surface area contributed by atoms with Gasteiger partial charge in [0.2, 0.25) is 11.9 Å². The van der Waals surface area contributed by atoms with E-state index in [0.717, 1.165) is 19.8 Å². The topological polar surface area (TPSA) is 135 Å². The third kappa shape index (κ3) is 8.94. The van der Waals surface area contributed by atoms with E-state index in [1.165, 1.54) is 24.3 Å². The van der Waals surface area contributed by atoms with E-state index in [1.807, 2.05) is 18.2 Å². The van der Waals surface area contributed by atoms with Crippen LogP contribution in [0.5, 0.6) is 0 Å². The van der Waals surface area contributed by atoms with Crippen LogP contribution < -0.4 is 0 Å². The van der Waals surface area contributed by atoms with Crippen molar-refractivity contribution in [1.82, 2.24) is 0 Å². The monoisotopic (exact) mass is 570 g/mol. The third-order valence-corrected chi connectivity index (χ3v) is 7.75. The number of aliphatic hydroxyl groups excluding tert-OH is 1. The quantitative estimate of drug-likeness (QED) is 0.210. The fraction of sp³-hybridized carbons (Fsp3) is 0.276. The number of benzene rings is 3. The van der Waals surface area contributed by atoms with E-state index in [2.05, 4.69) is 0 Å². The zero-order valence-electron chi connectivity index (χ0n) is 22.1. The summed E-state index contributed by atoms with van der Waals surface area (Å²) in [6, 6.07) is 24.7. The minimum atomic E-state index is -3.85. The minimum absolute atomic E-state index is 0.0749. The van der Waals surface area contributed by atoms with Crippen LogP contribution in [0.4, 0.5) is 0 Å². The van der Waals surface area contributed by atoms with Crippen molar-refractivity contribution in [3.05, 3.63) is 108 Å². The van der Waals surface area contributed by atoms with E-state index >= 15 is 0 Å². The molecule has 0 aliphatic rings. The number of hydrogen-bond donors (Lipinski definition) is 1. The second kappa shape index (κ2) is 15.2. The number of esters is 2. The molecule has 0 spiro atoms. The molecule has 1 N–H and O–H groups in total. The summed E-state index contributed by atoms with van der Waals surface area (Å²) >= 11 is 0. The molecule has 11 heteroatoms. The van der Waals surface area contributed by atoms with Gasteiger partial charge in [0.05, 0.1) is 23.9 Å². The molecule has 0 aliphatic carbocycles. The van der Waals surface area contributed by atoms with Gasteiger partial charge in [-0.2, -0.15) is 0 Å². The average molecular weight is 571 g/mol. The number of rotatable bonds is 15. The van der Waals surface area contributed by atoms with E-state index < -0.39 is 56.4 Å². The Morgan fingerprint density at radius 3 is 1.73 bits per heavy atom. The van der Waals surface area contributed by atoms with Crippen LogP contribution in [0, 0.1) is 0 Å². The first-order valence-corrected chi connectivity index (χ1v) is 14.0. The molecule has 0 heterocycles. The molecular weight excluding hydrogens is 539 g/mol. The largest absolute Gasteiger partial charge is 0.451 e. The molecule has 0 fully saturated rings. The fourth-order valence-corrected chi connectivity index (χ4v) is 4.78. The average Bonchev–Trinajstić information content (AvgIpc) is 2.99. The van der Waals surface area contributed by atoms with Crippen molar-refractivity contribution < 1.29 is 47.3 Å². The molecule has 40 heavy (non-hydrogen) atoms. The molecule has 3 rings (SSSR count). The Morgan fingerprint density at radius 1 is 0.750 bits per heavy atom. The molecule has 10 nitrogen and oxygen atoms in total. The molecule has 3 aromatic rings. The van der Waals surface area contributed by atoms with Gasteiger partial charge >= 0.3 is 19.5 Å². The van der Waals surface area contributed by atoms with Gasteiger partial charge in [0, 0.05) is 14.2 Å². The van der Waals surface area contributed by atoms with E-state index in [9.17, 15) is 24.1 Å². The summed E-state index contributed by atoms with van der Waals surface area (Å²) in [4.78, 5) is 39.4. The highest BCUT2D eigenvalue weighted by Crippen LogP contribution is 2.47. The number of ketones is 1. The van der Waals surface area contributed by atoms with Gasteiger partial charge < -0.3 is 28.4 Å². The number of ether oxygens (including phenoxy) is 3. The van der Waals surface area contributed by atoms with Gasteiger partial charge in [0.1, 0.15) is 12.7 Å². The smallest absolute Gasteiger partial charge is 0.338 e. The molecular formula is C29H31O10P. The summed E-state index contributed by atoms with van der Waals surface area (Å²) in [6.45, 7) is -0.467. The maximum absolute atomic E-state index is 13.4. The summed E-state index contributed by atoms with van der Waals surface area (Å²) < 4.78 is 39.3. The number of hydrogen-bond acceptors (Lipinski definition) is 10. The molecule has 0 radical (unpaired) electrons. The number of aliphatic hydroxyl groups is 1. The second-order valence-electron chi connectivity index (χ2n) is 8.60. The van der Waals surface area contributed by atoms with Crippen molar-refractivity contribution in [2.24, 2.45) is 0 Å². The summed E-state index contributed by atoms with van der Waals surface area (Å²) in [5.41, 5.74) is 1.02. The number of carbonyl (C=O) groups is 3. The van der Waals surface area contributed by atoms with Gasteiger partial charge in [-0.25, -0.2) is 9.59 Å². The molecule has 0 amide bonds. The summed E-state index contributed by atoms with van der Waals surface area (Å²) in [5, 5.41) is 11.1. The first-order valence-electron chi connectivity index (χ1n) is 12.3. The van der Waals surface area contributed by atoms with Gasteiger partial charge in [-0.15, -0.1) is 0 Å². The van der Waals surface area contributed by atoms with Crippen molar-refractivity contribution in [3.8, 4) is 0 Å². The predicted octanol–water partition coefficient (Wildman–Crippen LogP) is 4.07. The predicted molar refractivity (Wildman–Crippen MR) is 145 cm³/mol. The Balaban J connectivity index is 1.92. The lowest BCUT2D eigenvalue weighted by atomic mass is 10.0. The Bertz CT molecular complexity index is 1280. The zero-order valence-corrected chi connectivity index (χ0v) is 23.0. The van der Waals surface area contributed by atoms with Crippen molar-refractivity contribution >= 4 is 25.3 Å². The minimum Gasteiger partial charge on any atom is -0.451 e. The highest BCUT2D eigenvalue weighted by molar-refractivity contribution is 7.53. The Hall–Kier alpha value is -3.66. The molecule has 0 aliphatic heterocycles. The van der Waals surface area contributed by atoms with Crippen LogP contribution in [-0.4, -0.2) is 68.1 Å². The first-order chi connectivity index (χ1) is 19.3. The molecule has 0 saturated carbocycles. The first kappa shape index (κ1) is 30.9. The van der Waals surface area contributed by atoms with Crippen LogP contribution in [-0.2, 0) is 39.2 Å². The standard InChI is InChI=1S/C29H31O10P/c1-35-40(34,36-2)20-25(31)27(39-29(33)23-16-10-5-11-17-23)26(38-28(32)22-14-8-4-9-15-22)24(30)19-37-18-21-12-6-3-7-13-21/h3-17,25-27,31H,18-20H2,1-2H3/t25-,26?,27+/m1/s1. The molecule has 3 aromatic carbocycles. The molecule has 3 atom stereocenters. The Labute approximate surface area is 232 Å². The summed E-state index contributed by atoms with van der Waals surface area (Å²) in [5.74, 6) is -2.61. The fourth-order valence-electron chi connectivity index (χ4n) is 3.66. The summed E-state index contributed by atoms with van der Waals surface area (Å²) in [7, 11) is -1.61. The van der Waals surface area contributed by atoms with Gasteiger partial charge in [-0.3, -0.25) is 9.36 Å². The van der Waals surface area contributed by atoms with Crippen molar-refractivity contribution in [2.75, 3.05) is 27.0 Å². The SMILES string of the molecule is COP(=O)(C[C@@H](O)[C@H](OC(=O)c1ccccc1)C(OC(=O)c1ccccc1)C(=O)COCc1ccccc1)OC. The molecule has 0 aromatic heterocycles. The molecule has 0 saturated heterocycles. The lowest BCUT2D eigenvalue weighted by molar-refractivity contribution is -0.144. The van der Waals surface area contributed by atoms with Crippen molar-refractivity contribution in [2.45, 2.75) is 24.9 Å². The van der Waals surface area contributed by atoms with E-state index in [4.69, 9.17) is 23.3 Å². The molecule has 0 bridgehead atoms. The lowest BCUT2D eigenvalue weighted by Crippen LogP contribution is -2.50. The second-order valence-corrected chi connectivity index (χ2v) is 10.9. The van der Waals surface area contributed by atoms with E-state index in [-0.39, 0.29) is 17.7 Å². The van der Waals surface area contributed by atoms with E-state index in [1.54, 1.807) is 48.5 Å². The Kier molecular flexibility index (Phi) is 11.7. The highest BCUT2D eigenvalue weighted by Gasteiger charge is 2.43. The van der Waals surface area contributed by atoms with Crippen LogP contribution >= 0.6 is 7.60 Å². The molecule has 212 valence electrons. The van der Waals surface area contributed by atoms with Crippen LogP contribution in [0.15, 0.2) is 91.0 Å². The van der Waals surface area contributed by atoms with Crippen LogP contribution in [0.25, 0.3) is 0 Å². The van der Waals surface area contributed by atoms with Gasteiger partial charge in [0.25, 0.3) is 0 Å². The van der Waals surface area contributed by atoms with Crippen LogP contribution in [0.1, 0.15) is 26.3 Å². The van der Waals surface area contributed by atoms with Gasteiger partial charge in [0.15, 0.2) is 6.10 Å². The number of carbonyl (C=O) groups excluding carboxylic acids is 3. The van der Waals surface area contributed by atoms with Gasteiger partial charge in [-0.05, 0) is 29.8 Å². The zero-order chi connectivity index (χ0) is 29.0. The molecule has 1 unspecified atom stereocenters. The normalized spacial score (nSPS) is 13.6. The lowest BCUT2D eigenvalue weighted by Gasteiger charge is -2.30.